The summed E-state index contributed by atoms with van der Waals surface area (Å²) >= 11 is 0. The molecule has 1 fully saturated rings. The van der Waals surface area contributed by atoms with Gasteiger partial charge in [-0.3, -0.25) is 19.2 Å². The maximum absolute atomic E-state index is 12.7. The highest BCUT2D eigenvalue weighted by Crippen LogP contribution is 2.21. The molecule has 2 N–H and O–H groups in total. The van der Waals surface area contributed by atoms with Crippen LogP contribution < -0.4 is 10.9 Å². The summed E-state index contributed by atoms with van der Waals surface area (Å²) in [5.41, 5.74) is -0.134. The van der Waals surface area contributed by atoms with Gasteiger partial charge in [-0.2, -0.15) is 5.26 Å². The molecule has 0 bridgehead atoms. The van der Waals surface area contributed by atoms with Crippen molar-refractivity contribution in [2.75, 3.05) is 0 Å². The quantitative estimate of drug-likeness (QED) is 0.629. The van der Waals surface area contributed by atoms with Crippen molar-refractivity contribution in [3.05, 3.63) is 33.2 Å². The van der Waals surface area contributed by atoms with Gasteiger partial charge in [0, 0.05) is 23.7 Å². The molecule has 1 saturated carbocycles. The van der Waals surface area contributed by atoms with Crippen LogP contribution in [-0.2, 0) is 11.2 Å². The van der Waals surface area contributed by atoms with Gasteiger partial charge in [0.2, 0.25) is 5.91 Å². The van der Waals surface area contributed by atoms with Crippen molar-refractivity contribution >= 4 is 17.5 Å². The van der Waals surface area contributed by atoms with E-state index in [9.17, 15) is 24.4 Å². The molecule has 7 nitrogen and oxygen atoms in total. The minimum absolute atomic E-state index is 0.0386. The number of nitrogens with zero attached hydrogens (tertiary/aromatic N) is 1. The molecule has 3 rings (SSSR count). The first-order chi connectivity index (χ1) is 12.5. The number of pyridine rings is 1. The summed E-state index contributed by atoms with van der Waals surface area (Å²) < 4.78 is 0. The third-order valence-corrected chi connectivity index (χ3v) is 5.12. The average molecular weight is 355 g/mol. The molecule has 26 heavy (non-hydrogen) atoms. The van der Waals surface area contributed by atoms with Gasteiger partial charge < -0.3 is 10.3 Å². The van der Waals surface area contributed by atoms with Crippen molar-refractivity contribution < 1.29 is 14.4 Å². The van der Waals surface area contributed by atoms with Gasteiger partial charge in [-0.15, -0.1) is 0 Å². The number of rotatable bonds is 4. The van der Waals surface area contributed by atoms with Gasteiger partial charge >= 0.3 is 0 Å². The van der Waals surface area contributed by atoms with Gasteiger partial charge in [0.15, 0.2) is 17.5 Å². The lowest BCUT2D eigenvalue weighted by Crippen LogP contribution is -2.43. The Morgan fingerprint density at radius 1 is 1.15 bits per heavy atom. The van der Waals surface area contributed by atoms with Crippen LogP contribution in [0.3, 0.4) is 0 Å². The minimum atomic E-state index is -1.59. The molecular formula is C19H21N3O4. The number of aryl methyl sites for hydroxylation is 1. The van der Waals surface area contributed by atoms with E-state index < -0.39 is 23.2 Å². The van der Waals surface area contributed by atoms with E-state index in [2.05, 4.69) is 10.3 Å². The zero-order valence-electron chi connectivity index (χ0n) is 14.5. The predicted molar refractivity (Wildman–Crippen MR) is 92.8 cm³/mol. The summed E-state index contributed by atoms with van der Waals surface area (Å²) in [6.45, 7) is 0. The number of aromatic nitrogens is 1. The Hall–Kier alpha value is -2.75. The third kappa shape index (κ3) is 3.59. The van der Waals surface area contributed by atoms with Crippen molar-refractivity contribution in [3.63, 3.8) is 0 Å². The van der Waals surface area contributed by atoms with E-state index in [0.717, 1.165) is 32.1 Å². The highest BCUT2D eigenvalue weighted by molar-refractivity contribution is 6.13. The van der Waals surface area contributed by atoms with Gasteiger partial charge in [0.25, 0.3) is 5.56 Å². The average Bonchev–Trinajstić information content (AvgIpc) is 2.62. The number of carbonyl (C=O) groups excluding carboxylic acids is 3. The van der Waals surface area contributed by atoms with Crippen molar-refractivity contribution in [1.29, 1.82) is 5.26 Å². The first-order valence-corrected chi connectivity index (χ1v) is 9.05. The first-order valence-electron chi connectivity index (χ1n) is 9.05. The summed E-state index contributed by atoms with van der Waals surface area (Å²) in [5, 5.41) is 12.1. The normalized spacial score (nSPS) is 18.5. The highest BCUT2D eigenvalue weighted by atomic mass is 16.2. The molecule has 1 aromatic rings. The SMILES string of the molecule is N#CC(C(=O)NC1CCCCC1)C(=O)c1cc2c([nH]c1=O)CCCC2=O. The van der Waals surface area contributed by atoms with Crippen LogP contribution in [0, 0.1) is 17.2 Å². The molecule has 2 aliphatic rings. The van der Waals surface area contributed by atoms with Crippen LogP contribution in [0.15, 0.2) is 10.9 Å². The number of nitriles is 1. The first kappa shape index (κ1) is 18.1. The molecule has 1 atom stereocenters. The monoisotopic (exact) mass is 355 g/mol. The van der Waals surface area contributed by atoms with E-state index in [0.29, 0.717) is 30.5 Å². The lowest BCUT2D eigenvalue weighted by molar-refractivity contribution is -0.123. The van der Waals surface area contributed by atoms with Gasteiger partial charge in [0.1, 0.15) is 0 Å². The Labute approximate surface area is 150 Å². The van der Waals surface area contributed by atoms with E-state index >= 15 is 0 Å². The molecule has 1 heterocycles. The number of H-pyrrole nitrogens is 1. The standard InChI is InChI=1S/C19H21N3O4/c20-10-14(19(26)21-11-5-2-1-3-6-11)17(24)13-9-12-15(22-18(13)25)7-4-8-16(12)23/h9,11,14H,1-8H2,(H,21,26)(H,22,25). The topological polar surface area (TPSA) is 120 Å². The molecule has 0 aromatic carbocycles. The summed E-state index contributed by atoms with van der Waals surface area (Å²) in [5.74, 6) is -3.26. The van der Waals surface area contributed by atoms with Crippen LogP contribution in [0.4, 0.5) is 0 Å². The van der Waals surface area contributed by atoms with Crippen LogP contribution in [0.1, 0.15) is 71.4 Å². The van der Waals surface area contributed by atoms with Gasteiger partial charge in [-0.25, -0.2) is 0 Å². The molecule has 1 aromatic heterocycles. The number of hydrogen-bond acceptors (Lipinski definition) is 5. The van der Waals surface area contributed by atoms with Crippen LogP contribution in [0.25, 0.3) is 0 Å². The Balaban J connectivity index is 1.83. The Bertz CT molecular complexity index is 843. The largest absolute Gasteiger partial charge is 0.352 e. The summed E-state index contributed by atoms with van der Waals surface area (Å²) in [6, 6.07) is 2.92. The molecule has 0 spiro atoms. The number of nitrogens with one attached hydrogen (secondary N) is 2. The van der Waals surface area contributed by atoms with Gasteiger partial charge in [-0.05, 0) is 31.7 Å². The smallest absolute Gasteiger partial charge is 0.259 e. The molecule has 1 unspecified atom stereocenters. The fourth-order valence-corrected chi connectivity index (χ4v) is 3.68. The van der Waals surface area contributed by atoms with Crippen molar-refractivity contribution in [1.82, 2.24) is 10.3 Å². The molecule has 0 radical (unpaired) electrons. The lowest BCUT2D eigenvalue weighted by Gasteiger charge is -2.23. The second kappa shape index (κ2) is 7.65. The molecule has 1 amide bonds. The van der Waals surface area contributed by atoms with Crippen LogP contribution in [-0.4, -0.2) is 28.5 Å². The van der Waals surface area contributed by atoms with Crippen LogP contribution >= 0.6 is 0 Å². The molecule has 2 aliphatic carbocycles. The third-order valence-electron chi connectivity index (χ3n) is 5.12. The molecule has 0 saturated heterocycles. The van der Waals surface area contributed by atoms with Gasteiger partial charge in [0.05, 0.1) is 11.6 Å². The van der Waals surface area contributed by atoms with Crippen LogP contribution in [0.2, 0.25) is 0 Å². The van der Waals surface area contributed by atoms with E-state index in [1.54, 1.807) is 6.07 Å². The number of fused-ring (bicyclic) bond motifs is 1. The summed E-state index contributed by atoms with van der Waals surface area (Å²) in [4.78, 5) is 51.9. The second-order valence-electron chi connectivity index (χ2n) is 6.95. The fraction of sp³-hybridized carbons (Fsp3) is 0.526. The Morgan fingerprint density at radius 2 is 1.88 bits per heavy atom. The summed E-state index contributed by atoms with van der Waals surface area (Å²) in [6.07, 6.45) is 6.35. The summed E-state index contributed by atoms with van der Waals surface area (Å²) in [7, 11) is 0. The van der Waals surface area contributed by atoms with E-state index in [4.69, 9.17) is 0 Å². The number of ketones is 2. The van der Waals surface area contributed by atoms with E-state index in [-0.39, 0.29) is 17.4 Å². The number of hydrogen-bond donors (Lipinski definition) is 2. The minimum Gasteiger partial charge on any atom is -0.352 e. The van der Waals surface area contributed by atoms with E-state index in [1.807, 2.05) is 0 Å². The van der Waals surface area contributed by atoms with Crippen molar-refractivity contribution in [3.8, 4) is 6.07 Å². The zero-order valence-corrected chi connectivity index (χ0v) is 14.5. The number of aromatic amines is 1. The molecular weight excluding hydrogens is 334 g/mol. The lowest BCUT2D eigenvalue weighted by atomic mass is 9.90. The zero-order chi connectivity index (χ0) is 18.7. The number of amides is 1. The van der Waals surface area contributed by atoms with E-state index in [1.165, 1.54) is 6.07 Å². The molecule has 136 valence electrons. The maximum atomic E-state index is 12.7. The number of carbonyl (C=O) groups is 3. The molecule has 7 heteroatoms. The Kier molecular flexibility index (Phi) is 5.31. The maximum Gasteiger partial charge on any atom is 0.259 e. The highest BCUT2D eigenvalue weighted by Gasteiger charge is 2.32. The Morgan fingerprint density at radius 3 is 2.58 bits per heavy atom. The predicted octanol–water partition coefficient (Wildman–Crippen LogP) is 1.67. The molecule has 0 aliphatic heterocycles. The van der Waals surface area contributed by atoms with Crippen LogP contribution in [0.5, 0.6) is 0 Å². The van der Waals surface area contributed by atoms with Crippen molar-refractivity contribution in [2.24, 2.45) is 5.92 Å². The van der Waals surface area contributed by atoms with Crippen molar-refractivity contribution in [2.45, 2.75) is 57.4 Å². The fourth-order valence-electron chi connectivity index (χ4n) is 3.68. The number of Topliss-reactive ketones (excluding diaryl/α,β-unsaturated/α-hetero) is 2. The van der Waals surface area contributed by atoms with Gasteiger partial charge in [-0.1, -0.05) is 19.3 Å². The second-order valence-corrected chi connectivity index (χ2v) is 6.95.